The molecule has 0 saturated heterocycles. The van der Waals surface area contributed by atoms with Crippen LogP contribution < -0.4 is 5.73 Å². The van der Waals surface area contributed by atoms with E-state index in [1.54, 1.807) is 4.68 Å². The maximum Gasteiger partial charge on any atom is 0.139 e. The molecule has 0 bridgehead atoms. The molecule has 0 unspecified atom stereocenters. The lowest BCUT2D eigenvalue weighted by Crippen LogP contribution is -2.10. The molecule has 2 rings (SSSR count). The molecule has 0 amide bonds. The second kappa shape index (κ2) is 6.76. The summed E-state index contributed by atoms with van der Waals surface area (Å²) in [4.78, 5) is 12.2. The summed E-state index contributed by atoms with van der Waals surface area (Å²) in [5.41, 5.74) is 9.13. The van der Waals surface area contributed by atoms with E-state index in [0.717, 1.165) is 22.6 Å². The van der Waals surface area contributed by atoms with Crippen LogP contribution in [-0.4, -0.2) is 15.6 Å². The number of ketones is 1. The fourth-order valence-electron chi connectivity index (χ4n) is 2.35. The largest absolute Gasteiger partial charge is 0.399 e. The Hall–Kier alpha value is -1.81. The highest BCUT2D eigenvalue weighted by Gasteiger charge is 2.15. The normalized spacial score (nSPS) is 10.8. The third-order valence-electron chi connectivity index (χ3n) is 3.46. The van der Waals surface area contributed by atoms with Crippen LogP contribution in [0, 0.1) is 6.92 Å². The number of aromatic nitrogens is 2. The smallest absolute Gasteiger partial charge is 0.139 e. The number of Topliss-reactive ketones (excluding diaryl/α,β-unsaturated/α-hetero) is 1. The average molecular weight is 306 g/mol. The third-order valence-corrected chi connectivity index (χ3v) is 3.95. The number of rotatable bonds is 6. The van der Waals surface area contributed by atoms with Gasteiger partial charge in [-0.1, -0.05) is 23.7 Å². The number of aryl methyl sites for hydroxylation is 3. The van der Waals surface area contributed by atoms with Gasteiger partial charge < -0.3 is 5.73 Å². The second-order valence-corrected chi connectivity index (χ2v) is 5.50. The highest BCUT2D eigenvalue weighted by molar-refractivity contribution is 6.32. The number of nitrogen functional groups attached to an aromatic ring is 1. The molecule has 0 saturated carbocycles. The van der Waals surface area contributed by atoms with Crippen LogP contribution in [0.2, 0.25) is 5.02 Å². The summed E-state index contributed by atoms with van der Waals surface area (Å²) in [6.07, 6.45) is 1.50. The average Bonchev–Trinajstić information content (AvgIpc) is 2.73. The first-order chi connectivity index (χ1) is 10.0. The van der Waals surface area contributed by atoms with Crippen molar-refractivity contribution in [1.29, 1.82) is 0 Å². The lowest BCUT2D eigenvalue weighted by Gasteiger charge is -2.05. The van der Waals surface area contributed by atoms with E-state index in [2.05, 4.69) is 5.10 Å². The summed E-state index contributed by atoms with van der Waals surface area (Å²) < 4.78 is 1.80. The first-order valence-corrected chi connectivity index (χ1v) is 7.47. The van der Waals surface area contributed by atoms with Crippen molar-refractivity contribution in [3.8, 4) is 0 Å². The number of anilines is 1. The van der Waals surface area contributed by atoms with Gasteiger partial charge in [-0.15, -0.1) is 0 Å². The zero-order chi connectivity index (χ0) is 15.4. The Kier molecular flexibility index (Phi) is 5.02. The van der Waals surface area contributed by atoms with Crippen LogP contribution in [0.4, 0.5) is 5.69 Å². The van der Waals surface area contributed by atoms with Gasteiger partial charge in [0, 0.05) is 25.1 Å². The van der Waals surface area contributed by atoms with Crippen LogP contribution >= 0.6 is 11.6 Å². The summed E-state index contributed by atoms with van der Waals surface area (Å²) in [5.74, 6) is 0.161. The molecule has 5 heteroatoms. The number of hydrogen-bond acceptors (Lipinski definition) is 3. The molecular weight excluding hydrogens is 286 g/mol. The summed E-state index contributed by atoms with van der Waals surface area (Å²) in [5, 5.41) is 4.93. The SMILES string of the molecule is CCn1nc(C)c(Cl)c1CC(=O)CCc1cccc(N)c1. The van der Waals surface area contributed by atoms with Gasteiger partial charge in [0.2, 0.25) is 0 Å². The van der Waals surface area contributed by atoms with Crippen LogP contribution in [-0.2, 0) is 24.2 Å². The number of hydrogen-bond donors (Lipinski definition) is 1. The van der Waals surface area contributed by atoms with Crippen molar-refractivity contribution in [3.63, 3.8) is 0 Å². The summed E-state index contributed by atoms with van der Waals surface area (Å²) in [6, 6.07) is 7.63. The molecule has 1 heterocycles. The summed E-state index contributed by atoms with van der Waals surface area (Å²) in [7, 11) is 0. The van der Waals surface area contributed by atoms with Crippen LogP contribution in [0.15, 0.2) is 24.3 Å². The number of carbonyl (C=O) groups excluding carboxylic acids is 1. The predicted molar refractivity (Wildman–Crippen MR) is 85.5 cm³/mol. The molecule has 112 valence electrons. The van der Waals surface area contributed by atoms with Crippen molar-refractivity contribution in [2.24, 2.45) is 0 Å². The molecule has 0 spiro atoms. The van der Waals surface area contributed by atoms with E-state index in [-0.39, 0.29) is 5.78 Å². The zero-order valence-electron chi connectivity index (χ0n) is 12.4. The molecule has 2 aromatic rings. The van der Waals surface area contributed by atoms with Gasteiger partial charge >= 0.3 is 0 Å². The lowest BCUT2D eigenvalue weighted by molar-refractivity contribution is -0.118. The van der Waals surface area contributed by atoms with Crippen LogP contribution in [0.1, 0.15) is 30.3 Å². The number of carbonyl (C=O) groups is 1. The first kappa shape index (κ1) is 15.6. The van der Waals surface area contributed by atoms with Crippen LogP contribution in [0.25, 0.3) is 0 Å². The van der Waals surface area contributed by atoms with E-state index >= 15 is 0 Å². The van der Waals surface area contributed by atoms with Crippen molar-refractivity contribution < 1.29 is 4.79 Å². The fourth-order valence-corrected chi connectivity index (χ4v) is 2.55. The van der Waals surface area contributed by atoms with E-state index in [1.807, 2.05) is 38.1 Å². The van der Waals surface area contributed by atoms with Gasteiger partial charge in [0.05, 0.1) is 16.4 Å². The molecule has 1 aromatic carbocycles. The third kappa shape index (κ3) is 3.85. The molecule has 0 aliphatic rings. The Morgan fingerprint density at radius 2 is 2.19 bits per heavy atom. The Morgan fingerprint density at radius 3 is 2.86 bits per heavy atom. The minimum absolute atomic E-state index is 0.161. The standard InChI is InChI=1S/C16H20ClN3O/c1-3-20-15(16(17)11(2)19-20)10-14(21)8-7-12-5-4-6-13(18)9-12/h4-6,9H,3,7-8,10,18H2,1-2H3. The number of nitrogens with two attached hydrogens (primary N) is 1. The minimum Gasteiger partial charge on any atom is -0.399 e. The van der Waals surface area contributed by atoms with Gasteiger partial charge in [-0.05, 0) is 38.0 Å². The van der Waals surface area contributed by atoms with Crippen molar-refractivity contribution in [3.05, 3.63) is 46.2 Å². The Balaban J connectivity index is 1.99. The molecular formula is C16H20ClN3O. The van der Waals surface area contributed by atoms with Crippen molar-refractivity contribution in [2.75, 3.05) is 5.73 Å². The maximum atomic E-state index is 12.2. The molecule has 0 aliphatic heterocycles. The summed E-state index contributed by atoms with van der Waals surface area (Å²) >= 11 is 6.22. The van der Waals surface area contributed by atoms with Gasteiger partial charge in [-0.25, -0.2) is 0 Å². The number of nitrogens with zero attached hydrogens (tertiary/aromatic N) is 2. The minimum atomic E-state index is 0.161. The van der Waals surface area contributed by atoms with Crippen molar-refractivity contribution in [1.82, 2.24) is 9.78 Å². The molecule has 1 aromatic heterocycles. The van der Waals surface area contributed by atoms with Gasteiger partial charge in [-0.3, -0.25) is 9.48 Å². The van der Waals surface area contributed by atoms with Gasteiger partial charge in [0.25, 0.3) is 0 Å². The van der Waals surface area contributed by atoms with E-state index in [1.165, 1.54) is 0 Å². The number of halogens is 1. The Bertz CT molecular complexity index is 649. The van der Waals surface area contributed by atoms with E-state index in [0.29, 0.717) is 30.8 Å². The second-order valence-electron chi connectivity index (χ2n) is 5.12. The monoisotopic (exact) mass is 305 g/mol. The summed E-state index contributed by atoms with van der Waals surface area (Å²) in [6.45, 7) is 4.56. The van der Waals surface area contributed by atoms with Gasteiger partial charge in [-0.2, -0.15) is 5.10 Å². The molecule has 4 nitrogen and oxygen atoms in total. The highest BCUT2D eigenvalue weighted by Crippen LogP contribution is 2.21. The van der Waals surface area contributed by atoms with Crippen LogP contribution in [0.3, 0.4) is 0 Å². The Labute approximate surface area is 129 Å². The molecule has 0 aliphatic carbocycles. The highest BCUT2D eigenvalue weighted by atomic mass is 35.5. The maximum absolute atomic E-state index is 12.2. The molecule has 0 fully saturated rings. The topological polar surface area (TPSA) is 60.9 Å². The van der Waals surface area contributed by atoms with Crippen molar-refractivity contribution >= 4 is 23.1 Å². The number of benzene rings is 1. The predicted octanol–water partition coefficient (Wildman–Crippen LogP) is 3.19. The van der Waals surface area contributed by atoms with E-state index < -0.39 is 0 Å². The lowest BCUT2D eigenvalue weighted by atomic mass is 10.0. The van der Waals surface area contributed by atoms with Gasteiger partial charge in [0.15, 0.2) is 0 Å². The van der Waals surface area contributed by atoms with Gasteiger partial charge in [0.1, 0.15) is 5.78 Å². The molecule has 0 radical (unpaired) electrons. The van der Waals surface area contributed by atoms with Crippen molar-refractivity contribution in [2.45, 2.75) is 39.7 Å². The first-order valence-electron chi connectivity index (χ1n) is 7.09. The van der Waals surface area contributed by atoms with E-state index in [9.17, 15) is 4.79 Å². The van der Waals surface area contributed by atoms with E-state index in [4.69, 9.17) is 17.3 Å². The fraction of sp³-hybridized carbons (Fsp3) is 0.375. The molecule has 21 heavy (non-hydrogen) atoms. The van der Waals surface area contributed by atoms with Crippen LogP contribution in [0.5, 0.6) is 0 Å². The molecule has 0 atom stereocenters. The molecule has 2 N–H and O–H groups in total. The quantitative estimate of drug-likeness (QED) is 0.834. The Morgan fingerprint density at radius 1 is 1.43 bits per heavy atom. The zero-order valence-corrected chi connectivity index (χ0v) is 13.2.